The maximum absolute atomic E-state index is 11.9. The zero-order valence-corrected chi connectivity index (χ0v) is 10.2. The molecule has 2 N–H and O–H groups in total. The molecule has 3 nitrogen and oxygen atoms in total. The molecule has 3 rings (SSSR count). The van der Waals surface area contributed by atoms with Crippen LogP contribution in [0.4, 0.5) is 11.4 Å². The highest BCUT2D eigenvalue weighted by atomic mass is 35.5. The summed E-state index contributed by atoms with van der Waals surface area (Å²) < 4.78 is 0. The zero-order chi connectivity index (χ0) is 12.5. The summed E-state index contributed by atoms with van der Waals surface area (Å²) in [7, 11) is 0. The van der Waals surface area contributed by atoms with Crippen LogP contribution in [0, 0.1) is 0 Å². The van der Waals surface area contributed by atoms with Crippen LogP contribution in [0.5, 0.6) is 0 Å². The number of benzene rings is 2. The van der Waals surface area contributed by atoms with Crippen LogP contribution >= 0.6 is 11.6 Å². The molecule has 1 aliphatic heterocycles. The van der Waals surface area contributed by atoms with Crippen LogP contribution in [0.15, 0.2) is 48.5 Å². The van der Waals surface area contributed by atoms with Gasteiger partial charge in [-0.1, -0.05) is 29.8 Å². The smallest absolute Gasteiger partial charge is 0.251 e. The van der Waals surface area contributed by atoms with Crippen LogP contribution in [-0.4, -0.2) is 5.91 Å². The highest BCUT2D eigenvalue weighted by molar-refractivity contribution is 6.30. The number of fused-ring (bicyclic) bond motifs is 1. The Morgan fingerprint density at radius 1 is 1.06 bits per heavy atom. The standard InChI is InChI=1S/C14H11ClN2O/c15-9-5-7-10(8-6-9)16-13-11-3-1-2-4-12(11)17-14(13)18/h1-8,13,16H,(H,17,18). The molecule has 18 heavy (non-hydrogen) atoms. The van der Waals surface area contributed by atoms with Gasteiger partial charge in [0.15, 0.2) is 0 Å². The Balaban J connectivity index is 1.89. The number of rotatable bonds is 2. The minimum atomic E-state index is -0.345. The molecule has 1 heterocycles. The quantitative estimate of drug-likeness (QED) is 0.866. The second kappa shape index (κ2) is 4.35. The van der Waals surface area contributed by atoms with Crippen LogP contribution < -0.4 is 10.6 Å². The molecule has 0 spiro atoms. The van der Waals surface area contributed by atoms with Crippen molar-refractivity contribution in [1.29, 1.82) is 0 Å². The molecule has 1 aliphatic rings. The lowest BCUT2D eigenvalue weighted by atomic mass is 10.1. The van der Waals surface area contributed by atoms with Gasteiger partial charge in [-0.2, -0.15) is 0 Å². The second-order valence-corrected chi connectivity index (χ2v) is 4.60. The number of anilines is 2. The molecule has 0 saturated carbocycles. The molecule has 1 unspecified atom stereocenters. The van der Waals surface area contributed by atoms with Crippen LogP contribution in [-0.2, 0) is 4.79 Å². The predicted octanol–water partition coefficient (Wildman–Crippen LogP) is 3.45. The zero-order valence-electron chi connectivity index (χ0n) is 9.48. The highest BCUT2D eigenvalue weighted by Gasteiger charge is 2.29. The first-order chi connectivity index (χ1) is 8.74. The van der Waals surface area contributed by atoms with E-state index in [-0.39, 0.29) is 11.9 Å². The third kappa shape index (κ3) is 1.93. The molecular weight excluding hydrogens is 248 g/mol. The minimum Gasteiger partial charge on any atom is -0.370 e. The van der Waals surface area contributed by atoms with Crippen molar-refractivity contribution in [2.45, 2.75) is 6.04 Å². The Morgan fingerprint density at radius 3 is 2.56 bits per heavy atom. The van der Waals surface area contributed by atoms with Crippen molar-refractivity contribution in [3.8, 4) is 0 Å². The van der Waals surface area contributed by atoms with Gasteiger partial charge in [0.05, 0.1) is 0 Å². The number of hydrogen-bond acceptors (Lipinski definition) is 2. The van der Waals surface area contributed by atoms with Gasteiger partial charge in [-0.25, -0.2) is 0 Å². The first kappa shape index (κ1) is 11.1. The molecule has 2 aromatic carbocycles. The molecule has 0 bridgehead atoms. The van der Waals surface area contributed by atoms with E-state index in [0.29, 0.717) is 5.02 Å². The first-order valence-corrected chi connectivity index (χ1v) is 6.04. The van der Waals surface area contributed by atoms with E-state index in [1.807, 2.05) is 36.4 Å². The summed E-state index contributed by atoms with van der Waals surface area (Å²) in [5, 5.41) is 6.73. The maximum atomic E-state index is 11.9. The predicted molar refractivity (Wildman–Crippen MR) is 72.9 cm³/mol. The van der Waals surface area contributed by atoms with Crippen molar-refractivity contribution in [3.05, 3.63) is 59.1 Å². The van der Waals surface area contributed by atoms with Crippen molar-refractivity contribution in [2.24, 2.45) is 0 Å². The number of amides is 1. The summed E-state index contributed by atoms with van der Waals surface area (Å²) in [6.07, 6.45) is 0. The molecule has 2 aromatic rings. The van der Waals surface area contributed by atoms with Gasteiger partial charge in [0.1, 0.15) is 6.04 Å². The fourth-order valence-corrected chi connectivity index (χ4v) is 2.19. The molecule has 4 heteroatoms. The van der Waals surface area contributed by atoms with E-state index < -0.39 is 0 Å². The van der Waals surface area contributed by atoms with Crippen molar-refractivity contribution in [1.82, 2.24) is 0 Å². The normalized spacial score (nSPS) is 17.2. The van der Waals surface area contributed by atoms with Gasteiger partial charge >= 0.3 is 0 Å². The number of carbonyl (C=O) groups excluding carboxylic acids is 1. The number of nitrogens with one attached hydrogen (secondary N) is 2. The molecule has 0 aliphatic carbocycles. The average Bonchev–Trinajstić information content (AvgIpc) is 2.69. The minimum absolute atomic E-state index is 0.0360. The van der Waals surface area contributed by atoms with E-state index in [2.05, 4.69) is 10.6 Å². The summed E-state index contributed by atoms with van der Waals surface area (Å²) in [5.74, 6) is -0.0360. The Morgan fingerprint density at radius 2 is 1.78 bits per heavy atom. The Bertz CT molecular complexity index is 595. The summed E-state index contributed by atoms with van der Waals surface area (Å²) in [4.78, 5) is 11.9. The number of hydrogen-bond donors (Lipinski definition) is 2. The Hall–Kier alpha value is -2.00. The number of carbonyl (C=O) groups is 1. The highest BCUT2D eigenvalue weighted by Crippen LogP contribution is 2.32. The molecule has 0 aromatic heterocycles. The molecule has 90 valence electrons. The van der Waals surface area contributed by atoms with E-state index in [1.165, 1.54) is 0 Å². The fourth-order valence-electron chi connectivity index (χ4n) is 2.06. The molecule has 1 atom stereocenters. The van der Waals surface area contributed by atoms with Crippen LogP contribution in [0.3, 0.4) is 0 Å². The van der Waals surface area contributed by atoms with Gasteiger partial charge in [0.2, 0.25) is 0 Å². The van der Waals surface area contributed by atoms with Crippen molar-refractivity contribution >= 4 is 28.9 Å². The Labute approximate surface area is 110 Å². The first-order valence-electron chi connectivity index (χ1n) is 5.66. The molecule has 0 radical (unpaired) electrons. The lowest BCUT2D eigenvalue weighted by Gasteiger charge is -2.12. The Kier molecular flexibility index (Phi) is 2.68. The monoisotopic (exact) mass is 258 g/mol. The van der Waals surface area contributed by atoms with Crippen LogP contribution in [0.1, 0.15) is 11.6 Å². The van der Waals surface area contributed by atoms with Crippen molar-refractivity contribution in [3.63, 3.8) is 0 Å². The van der Waals surface area contributed by atoms with Gasteiger partial charge in [0.25, 0.3) is 5.91 Å². The number of halogens is 1. The SMILES string of the molecule is O=C1Nc2ccccc2C1Nc1ccc(Cl)cc1. The van der Waals surface area contributed by atoms with Crippen molar-refractivity contribution in [2.75, 3.05) is 10.6 Å². The molecular formula is C14H11ClN2O. The molecule has 0 saturated heterocycles. The van der Waals surface area contributed by atoms with E-state index in [4.69, 9.17) is 11.6 Å². The topological polar surface area (TPSA) is 41.1 Å². The average molecular weight is 259 g/mol. The van der Waals surface area contributed by atoms with E-state index >= 15 is 0 Å². The third-order valence-electron chi connectivity index (χ3n) is 2.95. The van der Waals surface area contributed by atoms with Crippen LogP contribution in [0.2, 0.25) is 5.02 Å². The summed E-state index contributed by atoms with van der Waals surface area (Å²) in [6, 6.07) is 14.6. The second-order valence-electron chi connectivity index (χ2n) is 4.16. The van der Waals surface area contributed by atoms with Gasteiger partial charge in [-0.15, -0.1) is 0 Å². The van der Waals surface area contributed by atoms with E-state index in [1.54, 1.807) is 12.1 Å². The van der Waals surface area contributed by atoms with Crippen LogP contribution in [0.25, 0.3) is 0 Å². The van der Waals surface area contributed by atoms with Crippen molar-refractivity contribution < 1.29 is 4.79 Å². The van der Waals surface area contributed by atoms with Gasteiger partial charge in [-0.3, -0.25) is 4.79 Å². The lowest BCUT2D eigenvalue weighted by Crippen LogP contribution is -2.19. The van der Waals surface area contributed by atoms with E-state index in [9.17, 15) is 4.79 Å². The van der Waals surface area contributed by atoms with Gasteiger partial charge in [-0.05, 0) is 30.3 Å². The molecule has 1 amide bonds. The third-order valence-corrected chi connectivity index (χ3v) is 3.20. The largest absolute Gasteiger partial charge is 0.370 e. The summed E-state index contributed by atoms with van der Waals surface area (Å²) in [6.45, 7) is 0. The van der Waals surface area contributed by atoms with Gasteiger partial charge in [0, 0.05) is 22.0 Å². The summed E-state index contributed by atoms with van der Waals surface area (Å²) >= 11 is 5.83. The van der Waals surface area contributed by atoms with E-state index in [0.717, 1.165) is 16.9 Å². The van der Waals surface area contributed by atoms with Gasteiger partial charge < -0.3 is 10.6 Å². The lowest BCUT2D eigenvalue weighted by molar-refractivity contribution is -0.116. The fraction of sp³-hybridized carbons (Fsp3) is 0.0714. The number of para-hydroxylation sites is 1. The maximum Gasteiger partial charge on any atom is 0.251 e. The molecule has 0 fully saturated rings. The summed E-state index contributed by atoms with van der Waals surface area (Å²) in [5.41, 5.74) is 2.71.